The Kier molecular flexibility index (Phi) is 8.87. The summed E-state index contributed by atoms with van der Waals surface area (Å²) in [5.74, 6) is -0.911. The second kappa shape index (κ2) is 12.1. The Balaban J connectivity index is 1.57. The first-order valence-corrected chi connectivity index (χ1v) is 14.3. The third-order valence-electron chi connectivity index (χ3n) is 6.07. The minimum absolute atomic E-state index is 0.0739. The van der Waals surface area contributed by atoms with Gasteiger partial charge in [0.25, 0.3) is 5.91 Å². The molecule has 0 saturated carbocycles. The van der Waals surface area contributed by atoms with Crippen LogP contribution in [0.3, 0.4) is 0 Å². The summed E-state index contributed by atoms with van der Waals surface area (Å²) < 4.78 is 28.3. The monoisotopic (exact) mass is 580 g/mol. The van der Waals surface area contributed by atoms with E-state index in [0.29, 0.717) is 5.02 Å². The molecule has 0 radical (unpaired) electrons. The van der Waals surface area contributed by atoms with E-state index < -0.39 is 21.7 Å². The van der Waals surface area contributed by atoms with Gasteiger partial charge < -0.3 is 5.32 Å². The van der Waals surface area contributed by atoms with E-state index >= 15 is 0 Å². The predicted molar refractivity (Wildman–Crippen MR) is 155 cm³/mol. The van der Waals surface area contributed by atoms with Crippen LogP contribution in [0.2, 0.25) is 10.0 Å². The van der Waals surface area contributed by atoms with Crippen LogP contribution in [0.1, 0.15) is 45.7 Å². The summed E-state index contributed by atoms with van der Waals surface area (Å²) in [4.78, 5) is 26.4. The molecule has 0 atom stereocenters. The molecule has 1 amide bonds. The summed E-state index contributed by atoms with van der Waals surface area (Å²) in [5.41, 5.74) is 1.79. The van der Waals surface area contributed by atoms with E-state index in [0.717, 1.165) is 5.56 Å². The van der Waals surface area contributed by atoms with Crippen molar-refractivity contribution in [1.29, 1.82) is 0 Å². The Morgan fingerprint density at radius 2 is 1.46 bits per heavy atom. The second-order valence-corrected chi connectivity index (χ2v) is 11.8. The lowest BCUT2D eigenvalue weighted by Crippen LogP contribution is -2.36. The maximum atomic E-state index is 13.4. The van der Waals surface area contributed by atoms with Crippen molar-refractivity contribution in [2.24, 2.45) is 0 Å². The SMILES string of the molecule is CC(C)N(Cc1ccccc1)S(=O)(=O)c1ccc(C(=O)Nc2ccc(Cl)cc2C(=O)c2ccccc2Cl)cc1. The molecule has 9 heteroatoms. The van der Waals surface area contributed by atoms with Crippen LogP contribution in [0.4, 0.5) is 5.69 Å². The number of halogens is 2. The smallest absolute Gasteiger partial charge is 0.255 e. The topological polar surface area (TPSA) is 83.6 Å². The molecule has 0 saturated heterocycles. The Hall–Kier alpha value is -3.49. The Morgan fingerprint density at radius 1 is 0.821 bits per heavy atom. The molecular formula is C30H26Cl2N2O4S. The summed E-state index contributed by atoms with van der Waals surface area (Å²) in [7, 11) is -3.83. The number of benzene rings is 4. The highest BCUT2D eigenvalue weighted by atomic mass is 35.5. The Morgan fingerprint density at radius 3 is 2.10 bits per heavy atom. The zero-order valence-electron chi connectivity index (χ0n) is 21.3. The van der Waals surface area contributed by atoms with Gasteiger partial charge in [-0.15, -0.1) is 0 Å². The lowest BCUT2D eigenvalue weighted by Gasteiger charge is -2.26. The maximum Gasteiger partial charge on any atom is 0.255 e. The van der Waals surface area contributed by atoms with Crippen LogP contribution in [0.5, 0.6) is 0 Å². The first-order valence-electron chi connectivity index (χ1n) is 12.1. The molecule has 6 nitrogen and oxygen atoms in total. The molecule has 4 aromatic carbocycles. The van der Waals surface area contributed by atoms with E-state index in [9.17, 15) is 18.0 Å². The minimum Gasteiger partial charge on any atom is -0.321 e. The number of hydrogen-bond donors (Lipinski definition) is 1. The molecule has 0 aliphatic heterocycles. The van der Waals surface area contributed by atoms with Gasteiger partial charge in [-0.2, -0.15) is 4.31 Å². The van der Waals surface area contributed by atoms with Crippen molar-refractivity contribution in [1.82, 2.24) is 4.31 Å². The molecule has 4 rings (SSSR count). The number of rotatable bonds is 9. The number of amides is 1. The molecule has 0 aromatic heterocycles. The third kappa shape index (κ3) is 6.57. The Labute approximate surface area is 238 Å². The molecule has 0 spiro atoms. The van der Waals surface area contributed by atoms with E-state index in [1.54, 1.807) is 30.3 Å². The summed E-state index contributed by atoms with van der Waals surface area (Å²) >= 11 is 12.3. The van der Waals surface area contributed by atoms with Gasteiger partial charge in [-0.1, -0.05) is 65.7 Å². The van der Waals surface area contributed by atoms with Crippen LogP contribution in [0.25, 0.3) is 0 Å². The van der Waals surface area contributed by atoms with Gasteiger partial charge in [0.2, 0.25) is 10.0 Å². The van der Waals surface area contributed by atoms with E-state index in [2.05, 4.69) is 5.32 Å². The number of ketones is 1. The molecule has 1 N–H and O–H groups in total. The number of carbonyl (C=O) groups excluding carboxylic acids is 2. The van der Waals surface area contributed by atoms with Gasteiger partial charge in [-0.3, -0.25) is 9.59 Å². The van der Waals surface area contributed by atoms with E-state index in [4.69, 9.17) is 23.2 Å². The number of anilines is 1. The van der Waals surface area contributed by atoms with Gasteiger partial charge in [0.1, 0.15) is 0 Å². The average Bonchev–Trinajstić information content (AvgIpc) is 2.93. The molecule has 200 valence electrons. The van der Waals surface area contributed by atoms with Crippen molar-refractivity contribution in [3.8, 4) is 0 Å². The van der Waals surface area contributed by atoms with E-state index in [-0.39, 0.29) is 44.9 Å². The molecule has 0 bridgehead atoms. The van der Waals surface area contributed by atoms with Crippen molar-refractivity contribution in [3.63, 3.8) is 0 Å². The van der Waals surface area contributed by atoms with Gasteiger partial charge in [-0.25, -0.2) is 8.42 Å². The maximum absolute atomic E-state index is 13.4. The first-order chi connectivity index (χ1) is 18.6. The molecule has 0 fully saturated rings. The number of carbonyl (C=O) groups is 2. The summed E-state index contributed by atoms with van der Waals surface area (Å²) in [6, 6.07) is 25.9. The van der Waals surface area contributed by atoms with Crippen molar-refractivity contribution in [3.05, 3.63) is 129 Å². The molecule has 0 aliphatic rings. The number of sulfonamides is 1. The standard InChI is InChI=1S/C30H26Cl2N2O4S/c1-20(2)34(19-21-8-4-3-5-9-21)39(37,38)24-15-12-22(13-16-24)30(36)33-28-17-14-23(31)18-26(28)29(35)25-10-6-7-11-27(25)32/h3-18,20H,19H2,1-2H3,(H,33,36). The zero-order chi connectivity index (χ0) is 28.2. The van der Waals surface area contributed by atoms with Gasteiger partial charge in [0.05, 0.1) is 15.6 Å². The van der Waals surface area contributed by atoms with Crippen molar-refractivity contribution < 1.29 is 18.0 Å². The predicted octanol–water partition coefficient (Wildman–Crippen LogP) is 7.08. The van der Waals surface area contributed by atoms with Crippen LogP contribution in [-0.4, -0.2) is 30.5 Å². The van der Waals surface area contributed by atoms with Gasteiger partial charge in [-0.05, 0) is 74.0 Å². The van der Waals surface area contributed by atoms with Crippen LogP contribution in [-0.2, 0) is 16.6 Å². The van der Waals surface area contributed by atoms with E-state index in [1.807, 2.05) is 44.2 Å². The van der Waals surface area contributed by atoms with Crippen LogP contribution < -0.4 is 5.32 Å². The fourth-order valence-electron chi connectivity index (χ4n) is 4.02. The number of nitrogens with zero attached hydrogens (tertiary/aromatic N) is 1. The summed E-state index contributed by atoms with van der Waals surface area (Å²) in [6.07, 6.45) is 0. The van der Waals surface area contributed by atoms with Crippen LogP contribution in [0, 0.1) is 0 Å². The Bertz CT molecular complexity index is 1610. The highest BCUT2D eigenvalue weighted by Crippen LogP contribution is 2.27. The van der Waals surface area contributed by atoms with Crippen molar-refractivity contribution in [2.45, 2.75) is 31.3 Å². The lowest BCUT2D eigenvalue weighted by molar-refractivity contribution is 0.102. The number of nitrogens with one attached hydrogen (secondary N) is 1. The molecular weight excluding hydrogens is 555 g/mol. The van der Waals surface area contributed by atoms with Gasteiger partial charge >= 0.3 is 0 Å². The van der Waals surface area contributed by atoms with Crippen molar-refractivity contribution in [2.75, 3.05) is 5.32 Å². The molecule has 0 aliphatic carbocycles. The summed E-state index contributed by atoms with van der Waals surface area (Å²) in [5, 5.41) is 3.33. The summed E-state index contributed by atoms with van der Waals surface area (Å²) in [6.45, 7) is 3.85. The van der Waals surface area contributed by atoms with Crippen LogP contribution in [0.15, 0.2) is 102 Å². The van der Waals surface area contributed by atoms with Crippen molar-refractivity contribution >= 4 is 50.6 Å². The highest BCUT2D eigenvalue weighted by Gasteiger charge is 2.27. The molecule has 0 unspecified atom stereocenters. The van der Waals surface area contributed by atoms with Gasteiger partial charge in [0, 0.05) is 34.3 Å². The average molecular weight is 582 g/mol. The third-order valence-corrected chi connectivity index (χ3v) is 8.67. The first kappa shape index (κ1) is 28.5. The molecule has 39 heavy (non-hydrogen) atoms. The lowest BCUT2D eigenvalue weighted by atomic mass is 10.0. The normalized spacial score (nSPS) is 11.5. The second-order valence-electron chi connectivity index (χ2n) is 9.11. The van der Waals surface area contributed by atoms with Crippen LogP contribution >= 0.6 is 23.2 Å². The quantitative estimate of drug-likeness (QED) is 0.214. The zero-order valence-corrected chi connectivity index (χ0v) is 23.6. The fraction of sp³-hybridized carbons (Fsp3) is 0.133. The van der Waals surface area contributed by atoms with Gasteiger partial charge in [0.15, 0.2) is 5.78 Å². The fourth-order valence-corrected chi connectivity index (χ4v) is 6.04. The highest BCUT2D eigenvalue weighted by molar-refractivity contribution is 7.89. The minimum atomic E-state index is -3.83. The van der Waals surface area contributed by atoms with E-state index in [1.165, 1.54) is 40.7 Å². The number of hydrogen-bond acceptors (Lipinski definition) is 4. The molecule has 4 aromatic rings. The molecule has 0 heterocycles. The largest absolute Gasteiger partial charge is 0.321 e.